The Labute approximate surface area is 147 Å². The van der Waals surface area contributed by atoms with Gasteiger partial charge in [0.15, 0.2) is 0 Å². The number of benzene rings is 3. The van der Waals surface area contributed by atoms with Gasteiger partial charge < -0.3 is 4.74 Å². The minimum absolute atomic E-state index is 0.143. The van der Waals surface area contributed by atoms with E-state index < -0.39 is 0 Å². The molecule has 0 radical (unpaired) electrons. The normalized spacial score (nSPS) is 11.0. The Morgan fingerprint density at radius 3 is 2.04 bits per heavy atom. The number of nitrogens with zero attached hydrogens (tertiary/aromatic N) is 1. The number of Topliss-reactive ketones (excluding diaryl/α,β-unsaturated/α-hetero) is 1. The Morgan fingerprint density at radius 2 is 1.48 bits per heavy atom. The van der Waals surface area contributed by atoms with Crippen LogP contribution in [0.1, 0.15) is 27.5 Å². The number of carbonyl (C=O) groups excluding carboxylic acids is 1. The molecule has 0 spiro atoms. The van der Waals surface area contributed by atoms with Crippen molar-refractivity contribution >= 4 is 12.0 Å². The van der Waals surface area contributed by atoms with Gasteiger partial charge >= 0.3 is 0 Å². The Balaban J connectivity index is 1.89. The van der Waals surface area contributed by atoms with Crippen LogP contribution in [0.25, 0.3) is 0 Å². The Hall–Kier alpha value is -3.20. The van der Waals surface area contributed by atoms with Gasteiger partial charge in [0.25, 0.3) is 0 Å². The van der Waals surface area contributed by atoms with Crippen molar-refractivity contribution in [2.75, 3.05) is 7.11 Å². The lowest BCUT2D eigenvalue weighted by Gasteiger charge is -2.13. The van der Waals surface area contributed by atoms with E-state index in [2.05, 4.69) is 4.99 Å². The summed E-state index contributed by atoms with van der Waals surface area (Å²) in [7, 11) is 1.58. The van der Waals surface area contributed by atoms with Crippen LogP contribution in [0, 0.1) is 0 Å². The summed E-state index contributed by atoms with van der Waals surface area (Å²) in [6.45, 7) is 0. The van der Waals surface area contributed by atoms with E-state index in [0.717, 1.165) is 11.1 Å². The third-order valence-electron chi connectivity index (χ3n) is 3.93. The first kappa shape index (κ1) is 16.7. The quantitative estimate of drug-likeness (QED) is 0.484. The summed E-state index contributed by atoms with van der Waals surface area (Å²) < 4.78 is 5.17. The smallest absolute Gasteiger partial charge is 0.203 e. The molecule has 0 saturated heterocycles. The molecule has 3 heteroatoms. The number of carbonyl (C=O) groups is 1. The molecule has 0 saturated carbocycles. The van der Waals surface area contributed by atoms with Crippen LogP contribution in [0.3, 0.4) is 0 Å². The molecule has 0 atom stereocenters. The minimum atomic E-state index is -0.211. The van der Waals surface area contributed by atoms with Gasteiger partial charge in [0.2, 0.25) is 5.78 Å². The lowest BCUT2D eigenvalue weighted by molar-refractivity contribution is 0.107. The van der Waals surface area contributed by atoms with Crippen LogP contribution in [-0.4, -0.2) is 19.1 Å². The maximum atomic E-state index is 12.5. The highest BCUT2D eigenvalue weighted by Crippen LogP contribution is 2.25. The van der Waals surface area contributed by atoms with Crippen molar-refractivity contribution in [3.8, 4) is 5.75 Å². The van der Waals surface area contributed by atoms with E-state index in [-0.39, 0.29) is 11.8 Å². The summed E-state index contributed by atoms with van der Waals surface area (Å²) in [6, 6.07) is 26.8. The van der Waals surface area contributed by atoms with E-state index in [9.17, 15) is 4.79 Å². The Morgan fingerprint density at radius 1 is 0.880 bits per heavy atom. The van der Waals surface area contributed by atoms with E-state index in [1.807, 2.05) is 66.7 Å². The molecule has 0 amide bonds. The topological polar surface area (TPSA) is 38.7 Å². The summed E-state index contributed by atoms with van der Waals surface area (Å²) in [4.78, 5) is 17.1. The lowest BCUT2D eigenvalue weighted by Crippen LogP contribution is -2.04. The highest BCUT2D eigenvalue weighted by molar-refractivity contribution is 6.35. The molecule has 3 aromatic carbocycles. The van der Waals surface area contributed by atoms with Crippen LogP contribution in [0.15, 0.2) is 89.9 Å². The molecule has 0 heterocycles. The fourth-order valence-corrected chi connectivity index (χ4v) is 2.63. The molecular formula is C22H19NO2. The molecule has 3 rings (SSSR count). The molecule has 3 aromatic rings. The maximum Gasteiger partial charge on any atom is 0.203 e. The van der Waals surface area contributed by atoms with Crippen LogP contribution in [0.2, 0.25) is 0 Å². The van der Waals surface area contributed by atoms with Gasteiger partial charge in [-0.3, -0.25) is 9.79 Å². The number of hydrogen-bond acceptors (Lipinski definition) is 3. The van der Waals surface area contributed by atoms with Gasteiger partial charge in [-0.05, 0) is 23.3 Å². The maximum absolute atomic E-state index is 12.5. The van der Waals surface area contributed by atoms with Crippen molar-refractivity contribution in [2.45, 2.75) is 6.04 Å². The van der Waals surface area contributed by atoms with Crippen LogP contribution in [0.4, 0.5) is 0 Å². The fraction of sp³-hybridized carbons (Fsp3) is 0.0909. The van der Waals surface area contributed by atoms with Crippen molar-refractivity contribution in [2.24, 2.45) is 4.99 Å². The van der Waals surface area contributed by atoms with E-state index in [1.165, 1.54) is 6.21 Å². The van der Waals surface area contributed by atoms with Gasteiger partial charge in [0.05, 0.1) is 13.3 Å². The third-order valence-corrected chi connectivity index (χ3v) is 3.93. The lowest BCUT2D eigenvalue weighted by atomic mass is 9.99. The summed E-state index contributed by atoms with van der Waals surface area (Å²) in [5.41, 5.74) is 2.65. The number of ketones is 1. The highest BCUT2D eigenvalue weighted by atomic mass is 16.5. The van der Waals surface area contributed by atoms with Crippen molar-refractivity contribution in [3.63, 3.8) is 0 Å². The molecule has 0 unspecified atom stereocenters. The summed E-state index contributed by atoms with van der Waals surface area (Å²) in [5.74, 6) is 0.512. The summed E-state index contributed by atoms with van der Waals surface area (Å²) in [5, 5.41) is 0. The molecular weight excluding hydrogens is 310 g/mol. The van der Waals surface area contributed by atoms with Crippen LogP contribution < -0.4 is 4.74 Å². The van der Waals surface area contributed by atoms with Crippen LogP contribution >= 0.6 is 0 Å². The zero-order valence-corrected chi connectivity index (χ0v) is 14.0. The molecule has 25 heavy (non-hydrogen) atoms. The second-order valence-electron chi connectivity index (χ2n) is 5.60. The summed E-state index contributed by atoms with van der Waals surface area (Å²) in [6.07, 6.45) is 1.40. The minimum Gasteiger partial charge on any atom is -0.497 e. The Bertz CT molecular complexity index is 818. The average Bonchev–Trinajstić information content (AvgIpc) is 2.69. The van der Waals surface area contributed by atoms with Crippen molar-refractivity contribution in [1.29, 1.82) is 0 Å². The number of hydrogen-bond donors (Lipinski definition) is 0. The largest absolute Gasteiger partial charge is 0.497 e. The summed E-state index contributed by atoms with van der Waals surface area (Å²) >= 11 is 0. The average molecular weight is 329 g/mol. The second kappa shape index (κ2) is 8.06. The molecule has 0 aliphatic heterocycles. The Kier molecular flexibility index (Phi) is 5.37. The van der Waals surface area contributed by atoms with Gasteiger partial charge in [0, 0.05) is 5.56 Å². The number of methoxy groups -OCH3 is 1. The molecule has 0 fully saturated rings. The standard InChI is InChI=1S/C22H19NO2/c1-25-20-14-8-13-19(15-20)21(24)16-23-22(17-9-4-2-5-10-17)18-11-6-3-7-12-18/h2-16,22H,1H3. The number of rotatable bonds is 6. The van der Waals surface area contributed by atoms with E-state index in [4.69, 9.17) is 4.74 Å². The zero-order valence-electron chi connectivity index (χ0n) is 14.0. The fourth-order valence-electron chi connectivity index (χ4n) is 2.63. The molecule has 3 nitrogen and oxygen atoms in total. The van der Waals surface area contributed by atoms with Gasteiger partial charge in [-0.1, -0.05) is 72.8 Å². The second-order valence-corrected chi connectivity index (χ2v) is 5.60. The number of aliphatic imine (C=N–C) groups is 1. The molecule has 0 N–H and O–H groups in total. The molecule has 0 aliphatic rings. The molecule has 0 aliphatic carbocycles. The predicted octanol–water partition coefficient (Wildman–Crippen LogP) is 4.74. The van der Waals surface area contributed by atoms with Crippen molar-refractivity contribution in [3.05, 3.63) is 102 Å². The van der Waals surface area contributed by atoms with Gasteiger partial charge in [-0.2, -0.15) is 0 Å². The SMILES string of the molecule is COc1cccc(C(=O)C=NC(c2ccccc2)c2ccccc2)c1. The van der Waals surface area contributed by atoms with E-state index >= 15 is 0 Å². The zero-order chi connectivity index (χ0) is 17.5. The van der Waals surface area contributed by atoms with Crippen molar-refractivity contribution in [1.82, 2.24) is 0 Å². The number of ether oxygens (including phenoxy) is 1. The first-order valence-electron chi connectivity index (χ1n) is 8.09. The van der Waals surface area contributed by atoms with E-state index in [1.54, 1.807) is 25.3 Å². The van der Waals surface area contributed by atoms with E-state index in [0.29, 0.717) is 11.3 Å². The van der Waals surface area contributed by atoms with Gasteiger partial charge in [0.1, 0.15) is 11.8 Å². The molecule has 124 valence electrons. The first-order chi connectivity index (χ1) is 12.3. The van der Waals surface area contributed by atoms with Crippen molar-refractivity contribution < 1.29 is 9.53 Å². The van der Waals surface area contributed by atoms with Gasteiger partial charge in [-0.25, -0.2) is 0 Å². The monoisotopic (exact) mass is 329 g/mol. The first-order valence-corrected chi connectivity index (χ1v) is 8.09. The predicted molar refractivity (Wildman–Crippen MR) is 101 cm³/mol. The van der Waals surface area contributed by atoms with Crippen LogP contribution in [0.5, 0.6) is 5.75 Å². The highest BCUT2D eigenvalue weighted by Gasteiger charge is 2.12. The molecule has 0 aromatic heterocycles. The van der Waals surface area contributed by atoms with Crippen LogP contribution in [-0.2, 0) is 0 Å². The third kappa shape index (κ3) is 4.21. The molecule has 0 bridgehead atoms. The van der Waals surface area contributed by atoms with Gasteiger partial charge in [-0.15, -0.1) is 0 Å².